The van der Waals surface area contributed by atoms with E-state index in [0.717, 1.165) is 22.0 Å². The summed E-state index contributed by atoms with van der Waals surface area (Å²) in [6.45, 7) is 0.446. The van der Waals surface area contributed by atoms with Gasteiger partial charge in [0.2, 0.25) is 0 Å². The zero-order chi connectivity index (χ0) is 13.5. The number of nitrogens with zero attached hydrogens (tertiary/aromatic N) is 2. The summed E-state index contributed by atoms with van der Waals surface area (Å²) in [5.41, 5.74) is 0.642. The van der Waals surface area contributed by atoms with Gasteiger partial charge in [0.25, 0.3) is 10.0 Å². The maximum atomic E-state index is 12.6. The molecule has 0 fully saturated rings. The zero-order valence-electron chi connectivity index (χ0n) is 9.61. The van der Waals surface area contributed by atoms with E-state index in [9.17, 15) is 8.42 Å². The monoisotopic (exact) mass is 332 g/mol. The summed E-state index contributed by atoms with van der Waals surface area (Å²) >= 11 is 8.54. The lowest BCUT2D eigenvalue weighted by Crippen LogP contribution is -2.35. The van der Waals surface area contributed by atoms with E-state index in [2.05, 4.69) is 4.98 Å². The Bertz CT molecular complexity index is 714. The van der Waals surface area contributed by atoms with Crippen LogP contribution in [0.15, 0.2) is 39.7 Å². The highest BCUT2D eigenvalue weighted by molar-refractivity contribution is 8.00. The van der Waals surface area contributed by atoms with E-state index in [4.69, 9.17) is 11.6 Å². The summed E-state index contributed by atoms with van der Waals surface area (Å²) < 4.78 is 27.4. The molecule has 0 saturated heterocycles. The highest BCUT2D eigenvalue weighted by Gasteiger charge is 2.30. The molecular weight excluding hydrogens is 324 g/mol. The predicted molar refractivity (Wildman–Crippen MR) is 78.8 cm³/mol. The molecule has 4 nitrogen and oxygen atoms in total. The van der Waals surface area contributed by atoms with Gasteiger partial charge in [-0.3, -0.25) is 9.29 Å². The van der Waals surface area contributed by atoms with Crippen LogP contribution in [0.3, 0.4) is 0 Å². The van der Waals surface area contributed by atoms with Crippen LogP contribution in [-0.4, -0.2) is 25.7 Å². The number of pyridine rings is 1. The molecule has 100 valence electrons. The minimum Gasteiger partial charge on any atom is -0.262 e. The molecule has 2 aromatic heterocycles. The Hall–Kier alpha value is -0.760. The molecule has 2 aromatic rings. The van der Waals surface area contributed by atoms with Crippen LogP contribution in [0, 0.1) is 0 Å². The standard InChI is InChI=1S/C11H9ClN2O2S3/c12-10-1-2-11(18-10)19(15,16)14-5-6-17-9-3-4-13-7-8(9)14/h1-4,7H,5-6H2. The van der Waals surface area contributed by atoms with Gasteiger partial charge in [-0.15, -0.1) is 23.1 Å². The predicted octanol–water partition coefficient (Wildman–Crippen LogP) is 3.10. The molecule has 0 N–H and O–H groups in total. The van der Waals surface area contributed by atoms with E-state index in [-0.39, 0.29) is 4.21 Å². The normalized spacial score (nSPS) is 15.3. The maximum Gasteiger partial charge on any atom is 0.273 e. The summed E-state index contributed by atoms with van der Waals surface area (Å²) in [4.78, 5) is 4.96. The molecule has 19 heavy (non-hydrogen) atoms. The molecule has 0 saturated carbocycles. The molecule has 3 heterocycles. The summed E-state index contributed by atoms with van der Waals surface area (Å²) in [6.07, 6.45) is 3.26. The molecule has 8 heteroatoms. The van der Waals surface area contributed by atoms with E-state index < -0.39 is 10.0 Å². The van der Waals surface area contributed by atoms with Crippen LogP contribution < -0.4 is 4.31 Å². The molecule has 0 radical (unpaired) electrons. The Morgan fingerprint density at radius 2 is 2.16 bits per heavy atom. The Labute approximate surface area is 124 Å². The molecule has 0 amide bonds. The van der Waals surface area contributed by atoms with Crippen molar-refractivity contribution >= 4 is 50.4 Å². The second-order valence-electron chi connectivity index (χ2n) is 3.83. The lowest BCUT2D eigenvalue weighted by Gasteiger charge is -2.28. The third-order valence-corrected chi connectivity index (χ3v) is 7.23. The number of hydrogen-bond acceptors (Lipinski definition) is 5. The molecule has 0 aromatic carbocycles. The molecule has 0 unspecified atom stereocenters. The van der Waals surface area contributed by atoms with Crippen molar-refractivity contribution < 1.29 is 8.42 Å². The molecule has 3 rings (SSSR count). The number of halogens is 1. The van der Waals surface area contributed by atoms with Crippen LogP contribution in [0.1, 0.15) is 0 Å². The Morgan fingerprint density at radius 1 is 1.32 bits per heavy atom. The summed E-state index contributed by atoms with van der Waals surface area (Å²) in [6, 6.07) is 4.98. The van der Waals surface area contributed by atoms with Gasteiger partial charge < -0.3 is 0 Å². The number of anilines is 1. The van der Waals surface area contributed by atoms with Gasteiger partial charge in [-0.25, -0.2) is 8.42 Å². The Balaban J connectivity index is 2.08. The van der Waals surface area contributed by atoms with E-state index in [1.807, 2.05) is 6.07 Å². The second-order valence-corrected chi connectivity index (χ2v) is 8.77. The van der Waals surface area contributed by atoms with Crippen molar-refractivity contribution in [3.63, 3.8) is 0 Å². The number of fused-ring (bicyclic) bond motifs is 1. The number of rotatable bonds is 2. The minimum absolute atomic E-state index is 0.263. The topological polar surface area (TPSA) is 50.3 Å². The molecule has 0 aliphatic carbocycles. The molecular formula is C11H9ClN2O2S3. The molecule has 1 aliphatic rings. The van der Waals surface area contributed by atoms with Crippen LogP contribution in [0.25, 0.3) is 0 Å². The van der Waals surface area contributed by atoms with E-state index >= 15 is 0 Å². The minimum atomic E-state index is -3.54. The Kier molecular flexibility index (Phi) is 3.46. The van der Waals surface area contributed by atoms with Crippen molar-refractivity contribution in [2.45, 2.75) is 9.10 Å². The first-order valence-electron chi connectivity index (χ1n) is 5.44. The van der Waals surface area contributed by atoms with Crippen molar-refractivity contribution in [1.82, 2.24) is 4.98 Å². The van der Waals surface area contributed by atoms with E-state index in [1.165, 1.54) is 4.31 Å². The molecule has 0 atom stereocenters. The van der Waals surface area contributed by atoms with Gasteiger partial charge in [-0.05, 0) is 18.2 Å². The average molecular weight is 333 g/mol. The van der Waals surface area contributed by atoms with Gasteiger partial charge in [-0.1, -0.05) is 11.6 Å². The van der Waals surface area contributed by atoms with Crippen LogP contribution in [-0.2, 0) is 10.0 Å². The fourth-order valence-corrected chi connectivity index (χ4v) is 6.04. The van der Waals surface area contributed by atoms with Crippen LogP contribution in [0.4, 0.5) is 5.69 Å². The van der Waals surface area contributed by atoms with Crippen molar-refractivity contribution in [3.8, 4) is 0 Å². The van der Waals surface area contributed by atoms with E-state index in [0.29, 0.717) is 16.6 Å². The SMILES string of the molecule is O=S(=O)(c1ccc(Cl)s1)N1CCSc2ccncc21. The lowest BCUT2D eigenvalue weighted by atomic mass is 10.4. The van der Waals surface area contributed by atoms with E-state index in [1.54, 1.807) is 36.3 Å². The second kappa shape index (κ2) is 4.97. The summed E-state index contributed by atoms with van der Waals surface area (Å²) in [5.74, 6) is 0.731. The van der Waals surface area contributed by atoms with Gasteiger partial charge in [0.05, 0.1) is 16.2 Å². The smallest absolute Gasteiger partial charge is 0.262 e. The molecule has 1 aliphatic heterocycles. The van der Waals surface area contributed by atoms with Gasteiger partial charge in [0.1, 0.15) is 4.21 Å². The molecule has 0 spiro atoms. The summed E-state index contributed by atoms with van der Waals surface area (Å²) in [5, 5.41) is 0. The number of thioether (sulfide) groups is 1. The number of hydrogen-bond donors (Lipinski definition) is 0. The largest absolute Gasteiger partial charge is 0.273 e. The first-order chi connectivity index (χ1) is 9.09. The van der Waals surface area contributed by atoms with Crippen molar-refractivity contribution in [3.05, 3.63) is 34.9 Å². The first kappa shape index (κ1) is 13.2. The first-order valence-corrected chi connectivity index (χ1v) is 9.06. The summed E-state index contributed by atoms with van der Waals surface area (Å²) in [7, 11) is -3.54. The van der Waals surface area contributed by atoms with Crippen molar-refractivity contribution in [1.29, 1.82) is 0 Å². The van der Waals surface area contributed by atoms with Crippen LogP contribution >= 0.6 is 34.7 Å². The highest BCUT2D eigenvalue weighted by Crippen LogP contribution is 2.38. The number of sulfonamides is 1. The third kappa shape index (κ3) is 2.35. The van der Waals surface area contributed by atoms with Crippen LogP contribution in [0.5, 0.6) is 0 Å². The zero-order valence-corrected chi connectivity index (χ0v) is 12.8. The van der Waals surface area contributed by atoms with Crippen LogP contribution in [0.2, 0.25) is 4.34 Å². The average Bonchev–Trinajstić information content (AvgIpc) is 2.85. The quantitative estimate of drug-likeness (QED) is 0.848. The molecule has 0 bridgehead atoms. The highest BCUT2D eigenvalue weighted by atomic mass is 35.5. The van der Waals surface area contributed by atoms with Gasteiger partial charge >= 0.3 is 0 Å². The van der Waals surface area contributed by atoms with Crippen molar-refractivity contribution in [2.75, 3.05) is 16.6 Å². The van der Waals surface area contributed by atoms with Gasteiger partial charge in [0, 0.05) is 23.4 Å². The fraction of sp³-hybridized carbons (Fsp3) is 0.182. The third-order valence-electron chi connectivity index (χ3n) is 2.67. The number of thiophene rings is 1. The number of aromatic nitrogens is 1. The van der Waals surface area contributed by atoms with Gasteiger partial charge in [-0.2, -0.15) is 0 Å². The van der Waals surface area contributed by atoms with Crippen molar-refractivity contribution in [2.24, 2.45) is 0 Å². The maximum absolute atomic E-state index is 12.6. The Morgan fingerprint density at radius 3 is 2.89 bits per heavy atom. The fourth-order valence-electron chi connectivity index (χ4n) is 1.84. The van der Waals surface area contributed by atoms with Gasteiger partial charge in [0.15, 0.2) is 0 Å². The lowest BCUT2D eigenvalue weighted by molar-refractivity contribution is 0.593.